The molecule has 0 atom stereocenters. The van der Waals surface area contributed by atoms with E-state index in [2.05, 4.69) is 9.10 Å². The maximum Gasteiger partial charge on any atom is 0.251 e. The van der Waals surface area contributed by atoms with Gasteiger partial charge in [-0.2, -0.15) is 4.37 Å². The molecule has 0 fully saturated rings. The topological polar surface area (TPSA) is 59.1 Å². The molecule has 4 nitrogen and oxygen atoms in total. The normalized spacial score (nSPS) is 12.2. The molecule has 1 aromatic rings. The van der Waals surface area contributed by atoms with Crippen LogP contribution in [0.5, 0.6) is 0 Å². The van der Waals surface area contributed by atoms with Crippen molar-refractivity contribution >= 4 is 21.6 Å². The third kappa shape index (κ3) is 2.26. The van der Waals surface area contributed by atoms with E-state index in [1.807, 2.05) is 0 Å². The molecule has 0 radical (unpaired) electrons. The Morgan fingerprint density at radius 2 is 2.25 bits per heavy atom. The Morgan fingerprint density at radius 3 is 2.67 bits per heavy atom. The van der Waals surface area contributed by atoms with E-state index in [-0.39, 0.29) is 10.3 Å². The highest BCUT2D eigenvalue weighted by Crippen LogP contribution is 2.12. The van der Waals surface area contributed by atoms with E-state index in [4.69, 9.17) is 0 Å². The van der Waals surface area contributed by atoms with Gasteiger partial charge in [0.2, 0.25) is 0 Å². The molecular formula is C6H10N2O2S2. The lowest BCUT2D eigenvalue weighted by atomic mass is 10.4. The van der Waals surface area contributed by atoms with Gasteiger partial charge in [-0.25, -0.2) is 13.1 Å². The fourth-order valence-electron chi connectivity index (χ4n) is 0.711. The van der Waals surface area contributed by atoms with Gasteiger partial charge in [0.1, 0.15) is 0 Å². The summed E-state index contributed by atoms with van der Waals surface area (Å²) in [6, 6.07) is 1.40. The van der Waals surface area contributed by atoms with Crippen LogP contribution in [-0.4, -0.2) is 18.8 Å². The predicted octanol–water partition coefficient (Wildman–Crippen LogP) is 0.830. The SMILES string of the molecule is CC(C)NS(=O)(=O)c1ccns1. The standard InChI is InChI=1S/C6H10N2O2S2/c1-5(2)8-12(9,10)6-3-4-7-11-6/h3-5,8H,1-2H3. The van der Waals surface area contributed by atoms with E-state index in [0.717, 1.165) is 11.5 Å². The van der Waals surface area contributed by atoms with Crippen molar-refractivity contribution in [2.24, 2.45) is 0 Å². The van der Waals surface area contributed by atoms with Crippen molar-refractivity contribution in [1.29, 1.82) is 0 Å². The first-order valence-electron chi connectivity index (χ1n) is 3.45. The Hall–Kier alpha value is -0.460. The number of nitrogens with zero attached hydrogens (tertiary/aromatic N) is 1. The average molecular weight is 206 g/mol. The molecule has 68 valence electrons. The third-order valence-electron chi connectivity index (χ3n) is 1.07. The molecule has 6 heteroatoms. The minimum absolute atomic E-state index is 0.0860. The van der Waals surface area contributed by atoms with Crippen LogP contribution in [0.15, 0.2) is 16.5 Å². The lowest BCUT2D eigenvalue weighted by molar-refractivity contribution is 0.572. The van der Waals surface area contributed by atoms with Crippen LogP contribution in [0, 0.1) is 0 Å². The Morgan fingerprint density at radius 1 is 1.58 bits per heavy atom. The van der Waals surface area contributed by atoms with Crippen molar-refractivity contribution in [3.63, 3.8) is 0 Å². The van der Waals surface area contributed by atoms with Crippen LogP contribution in [0.2, 0.25) is 0 Å². The van der Waals surface area contributed by atoms with E-state index in [0.29, 0.717) is 0 Å². The van der Waals surface area contributed by atoms with E-state index in [9.17, 15) is 8.42 Å². The zero-order valence-electron chi connectivity index (χ0n) is 6.81. The molecule has 1 N–H and O–H groups in total. The largest absolute Gasteiger partial charge is 0.251 e. The van der Waals surface area contributed by atoms with Crippen molar-refractivity contribution in [2.45, 2.75) is 24.1 Å². The molecule has 12 heavy (non-hydrogen) atoms. The zero-order valence-corrected chi connectivity index (χ0v) is 8.45. The molecular weight excluding hydrogens is 196 g/mol. The summed E-state index contributed by atoms with van der Waals surface area (Å²) >= 11 is 0.971. The molecule has 0 aliphatic heterocycles. The molecule has 0 spiro atoms. The molecule has 0 aliphatic carbocycles. The molecule has 0 saturated carbocycles. The van der Waals surface area contributed by atoms with E-state index in [1.54, 1.807) is 13.8 Å². The highest BCUT2D eigenvalue weighted by molar-refractivity contribution is 7.91. The zero-order chi connectivity index (χ0) is 9.19. The molecule has 0 aliphatic rings. The third-order valence-corrected chi connectivity index (χ3v) is 3.94. The first-order valence-corrected chi connectivity index (χ1v) is 5.71. The Bertz CT molecular complexity index is 328. The first kappa shape index (κ1) is 9.63. The summed E-state index contributed by atoms with van der Waals surface area (Å²) in [5, 5.41) is 0. The van der Waals surface area contributed by atoms with Gasteiger partial charge in [-0.3, -0.25) is 0 Å². The first-order chi connectivity index (χ1) is 5.52. The highest BCUT2D eigenvalue weighted by Gasteiger charge is 2.16. The van der Waals surface area contributed by atoms with Gasteiger partial charge in [-0.1, -0.05) is 0 Å². The number of aromatic nitrogens is 1. The van der Waals surface area contributed by atoms with E-state index in [1.165, 1.54) is 12.3 Å². The van der Waals surface area contributed by atoms with Gasteiger partial charge in [0.25, 0.3) is 10.0 Å². The van der Waals surface area contributed by atoms with Crippen molar-refractivity contribution in [1.82, 2.24) is 9.10 Å². The van der Waals surface area contributed by atoms with Crippen molar-refractivity contribution in [3.8, 4) is 0 Å². The highest BCUT2D eigenvalue weighted by atomic mass is 32.2. The fraction of sp³-hybridized carbons (Fsp3) is 0.500. The summed E-state index contributed by atoms with van der Waals surface area (Å²) in [5.41, 5.74) is 0. The van der Waals surface area contributed by atoms with Crippen LogP contribution in [0.25, 0.3) is 0 Å². The molecule has 0 aromatic carbocycles. The molecule has 1 rings (SSSR count). The summed E-state index contributed by atoms with van der Waals surface area (Å²) in [5.74, 6) is 0. The summed E-state index contributed by atoms with van der Waals surface area (Å²) in [4.78, 5) is 0. The molecule has 1 heterocycles. The second-order valence-electron chi connectivity index (χ2n) is 2.61. The van der Waals surface area contributed by atoms with Crippen LogP contribution < -0.4 is 4.72 Å². The molecule has 0 bridgehead atoms. The summed E-state index contributed by atoms with van der Waals surface area (Å²) in [6.45, 7) is 3.55. The average Bonchev–Trinajstić information content (AvgIpc) is 2.32. The van der Waals surface area contributed by atoms with Gasteiger partial charge in [-0.05, 0) is 31.4 Å². The van der Waals surface area contributed by atoms with Crippen molar-refractivity contribution in [3.05, 3.63) is 12.3 Å². The fourth-order valence-corrected chi connectivity index (χ4v) is 2.70. The van der Waals surface area contributed by atoms with Crippen molar-refractivity contribution < 1.29 is 8.42 Å². The number of sulfonamides is 1. The van der Waals surface area contributed by atoms with Gasteiger partial charge >= 0.3 is 0 Å². The van der Waals surface area contributed by atoms with E-state index < -0.39 is 10.0 Å². The molecule has 0 amide bonds. The number of hydrogen-bond acceptors (Lipinski definition) is 4. The molecule has 0 unspecified atom stereocenters. The molecule has 1 aromatic heterocycles. The van der Waals surface area contributed by atoms with Gasteiger partial charge in [-0.15, -0.1) is 0 Å². The lowest BCUT2D eigenvalue weighted by Gasteiger charge is -2.06. The Balaban J connectivity index is 2.88. The maximum absolute atomic E-state index is 11.4. The second kappa shape index (κ2) is 3.51. The second-order valence-corrected chi connectivity index (χ2v) is 5.38. The monoisotopic (exact) mass is 206 g/mol. The quantitative estimate of drug-likeness (QED) is 0.797. The number of rotatable bonds is 3. The summed E-state index contributed by atoms with van der Waals surface area (Å²) in [6.07, 6.45) is 1.47. The van der Waals surface area contributed by atoms with Crippen LogP contribution in [-0.2, 0) is 10.0 Å². The number of hydrogen-bond donors (Lipinski definition) is 1. The minimum Gasteiger partial charge on any atom is -0.208 e. The Labute approximate surface area is 75.8 Å². The molecule has 0 saturated heterocycles. The van der Waals surface area contributed by atoms with Crippen LogP contribution >= 0.6 is 11.5 Å². The van der Waals surface area contributed by atoms with Crippen LogP contribution in [0.4, 0.5) is 0 Å². The Kier molecular flexibility index (Phi) is 2.81. The predicted molar refractivity (Wildman–Crippen MR) is 47.6 cm³/mol. The van der Waals surface area contributed by atoms with Crippen LogP contribution in [0.1, 0.15) is 13.8 Å². The summed E-state index contributed by atoms with van der Waals surface area (Å²) in [7, 11) is -3.31. The maximum atomic E-state index is 11.4. The van der Waals surface area contributed by atoms with Gasteiger partial charge < -0.3 is 0 Å². The van der Waals surface area contributed by atoms with Crippen LogP contribution in [0.3, 0.4) is 0 Å². The van der Waals surface area contributed by atoms with Crippen molar-refractivity contribution in [2.75, 3.05) is 0 Å². The number of nitrogens with one attached hydrogen (secondary N) is 1. The summed E-state index contributed by atoms with van der Waals surface area (Å²) < 4.78 is 29.2. The van der Waals surface area contributed by atoms with Gasteiger partial charge in [0, 0.05) is 12.2 Å². The smallest absolute Gasteiger partial charge is 0.208 e. The minimum atomic E-state index is -3.31. The lowest BCUT2D eigenvalue weighted by Crippen LogP contribution is -2.29. The van der Waals surface area contributed by atoms with Gasteiger partial charge in [0.05, 0.1) is 0 Å². The van der Waals surface area contributed by atoms with E-state index >= 15 is 0 Å². The van der Waals surface area contributed by atoms with Gasteiger partial charge in [0.15, 0.2) is 4.21 Å².